The van der Waals surface area contributed by atoms with E-state index in [1.807, 2.05) is 13.0 Å². The molecule has 2 rings (SSSR count). The first-order valence-electron chi connectivity index (χ1n) is 3.66. The SMILES string of the molecule is Cc1cnc2c(c1)[N]C(=O)C=C2. The van der Waals surface area contributed by atoms with E-state index >= 15 is 0 Å². The maximum Gasteiger partial charge on any atom is 0.270 e. The average Bonchev–Trinajstić information content (AvgIpc) is 2.03. The van der Waals surface area contributed by atoms with Crippen molar-refractivity contribution < 1.29 is 4.79 Å². The minimum absolute atomic E-state index is 0.213. The van der Waals surface area contributed by atoms with Gasteiger partial charge >= 0.3 is 0 Å². The van der Waals surface area contributed by atoms with Crippen LogP contribution in [0.2, 0.25) is 0 Å². The Morgan fingerprint density at radius 3 is 3.00 bits per heavy atom. The summed E-state index contributed by atoms with van der Waals surface area (Å²) in [5, 5.41) is 3.82. The molecule has 0 fully saturated rings. The third-order valence-electron chi connectivity index (χ3n) is 1.65. The first-order chi connectivity index (χ1) is 5.75. The highest BCUT2D eigenvalue weighted by Gasteiger charge is 2.11. The van der Waals surface area contributed by atoms with Gasteiger partial charge in [-0.15, -0.1) is 0 Å². The van der Waals surface area contributed by atoms with Crippen molar-refractivity contribution in [2.45, 2.75) is 6.92 Å². The molecule has 0 N–H and O–H groups in total. The summed E-state index contributed by atoms with van der Waals surface area (Å²) in [7, 11) is 0. The van der Waals surface area contributed by atoms with E-state index < -0.39 is 0 Å². The molecule has 0 saturated heterocycles. The predicted molar refractivity (Wildman–Crippen MR) is 44.8 cm³/mol. The lowest BCUT2D eigenvalue weighted by Crippen LogP contribution is -2.12. The van der Waals surface area contributed by atoms with E-state index in [9.17, 15) is 4.79 Å². The first kappa shape index (κ1) is 7.03. The molecule has 0 aliphatic carbocycles. The maximum atomic E-state index is 10.9. The number of pyridine rings is 1. The van der Waals surface area contributed by atoms with Crippen LogP contribution in [0.4, 0.5) is 5.69 Å². The largest absolute Gasteiger partial charge is 0.270 e. The molecule has 1 aromatic heterocycles. The molecule has 0 saturated carbocycles. The number of rotatable bonds is 0. The molecule has 1 aliphatic rings. The molecule has 0 unspecified atom stereocenters. The molecule has 3 heteroatoms. The zero-order valence-electron chi connectivity index (χ0n) is 6.61. The smallest absolute Gasteiger partial charge is 0.267 e. The Kier molecular flexibility index (Phi) is 1.43. The number of fused-ring (bicyclic) bond motifs is 1. The topological polar surface area (TPSA) is 44.1 Å². The summed E-state index contributed by atoms with van der Waals surface area (Å²) >= 11 is 0. The molecule has 2 heterocycles. The van der Waals surface area contributed by atoms with E-state index in [1.54, 1.807) is 12.3 Å². The van der Waals surface area contributed by atoms with Gasteiger partial charge in [0.05, 0.1) is 11.4 Å². The lowest BCUT2D eigenvalue weighted by molar-refractivity contribution is -0.115. The van der Waals surface area contributed by atoms with Gasteiger partial charge in [0.2, 0.25) is 0 Å². The zero-order chi connectivity index (χ0) is 8.55. The number of carbonyl (C=O) groups excluding carboxylic acids is 1. The minimum Gasteiger partial charge on any atom is -0.267 e. The van der Waals surface area contributed by atoms with Crippen LogP contribution in [0.15, 0.2) is 18.3 Å². The minimum atomic E-state index is -0.213. The highest BCUT2D eigenvalue weighted by molar-refractivity contribution is 5.98. The molecule has 0 atom stereocenters. The second-order valence-electron chi connectivity index (χ2n) is 2.70. The van der Waals surface area contributed by atoms with Gasteiger partial charge in [0.15, 0.2) is 0 Å². The van der Waals surface area contributed by atoms with Gasteiger partial charge in [-0.05, 0) is 24.6 Å². The molecule has 12 heavy (non-hydrogen) atoms. The number of hydrogen-bond donors (Lipinski definition) is 0. The predicted octanol–water partition coefficient (Wildman–Crippen LogP) is 1.18. The van der Waals surface area contributed by atoms with Gasteiger partial charge < -0.3 is 0 Å². The van der Waals surface area contributed by atoms with Crippen molar-refractivity contribution in [1.82, 2.24) is 10.3 Å². The number of aromatic nitrogens is 1. The van der Waals surface area contributed by atoms with Crippen LogP contribution in [0, 0.1) is 6.92 Å². The number of aryl methyl sites for hydroxylation is 1. The van der Waals surface area contributed by atoms with Crippen molar-refractivity contribution in [3.8, 4) is 0 Å². The summed E-state index contributed by atoms with van der Waals surface area (Å²) in [4.78, 5) is 15.0. The molecule has 1 aliphatic heterocycles. The van der Waals surface area contributed by atoms with Gasteiger partial charge in [-0.25, -0.2) is 5.32 Å². The standard InChI is InChI=1S/C9H7N2O/c1-6-4-8-7(10-5-6)2-3-9(12)11-8/h2-5H,1H3. The molecule has 0 bridgehead atoms. The van der Waals surface area contributed by atoms with Gasteiger partial charge in [0.1, 0.15) is 0 Å². The number of carbonyl (C=O) groups is 1. The van der Waals surface area contributed by atoms with Crippen molar-refractivity contribution in [1.29, 1.82) is 0 Å². The zero-order valence-corrected chi connectivity index (χ0v) is 6.61. The van der Waals surface area contributed by atoms with Crippen LogP contribution < -0.4 is 5.32 Å². The fraction of sp³-hybridized carbons (Fsp3) is 0.111. The van der Waals surface area contributed by atoms with Gasteiger partial charge in [0.25, 0.3) is 5.91 Å². The van der Waals surface area contributed by atoms with Crippen molar-refractivity contribution >= 4 is 17.7 Å². The molecule has 3 nitrogen and oxygen atoms in total. The Labute approximate surface area is 70.1 Å². The van der Waals surface area contributed by atoms with Crippen LogP contribution in [-0.2, 0) is 4.79 Å². The van der Waals surface area contributed by atoms with Crippen molar-refractivity contribution in [2.75, 3.05) is 0 Å². The van der Waals surface area contributed by atoms with Crippen LogP contribution in [0.25, 0.3) is 6.08 Å². The van der Waals surface area contributed by atoms with Gasteiger partial charge in [0, 0.05) is 12.3 Å². The van der Waals surface area contributed by atoms with Crippen molar-refractivity contribution in [2.24, 2.45) is 0 Å². The molecular formula is C9H7N2O. The number of amides is 1. The Bertz CT molecular complexity index is 369. The number of hydrogen-bond acceptors (Lipinski definition) is 2. The van der Waals surface area contributed by atoms with Gasteiger partial charge in [-0.2, -0.15) is 0 Å². The normalized spacial score (nSPS) is 13.9. The van der Waals surface area contributed by atoms with E-state index in [-0.39, 0.29) is 5.91 Å². The lowest BCUT2D eigenvalue weighted by atomic mass is 10.2. The van der Waals surface area contributed by atoms with Crippen LogP contribution in [0.5, 0.6) is 0 Å². The summed E-state index contributed by atoms with van der Waals surface area (Å²) in [5.41, 5.74) is 2.45. The lowest BCUT2D eigenvalue weighted by Gasteiger charge is -2.07. The monoisotopic (exact) mass is 159 g/mol. The summed E-state index contributed by atoms with van der Waals surface area (Å²) in [6.07, 6.45) is 4.86. The Morgan fingerprint density at radius 2 is 2.17 bits per heavy atom. The van der Waals surface area contributed by atoms with E-state index in [0.29, 0.717) is 5.69 Å². The first-order valence-corrected chi connectivity index (χ1v) is 3.66. The molecule has 1 radical (unpaired) electrons. The van der Waals surface area contributed by atoms with E-state index in [0.717, 1.165) is 11.3 Å². The third-order valence-corrected chi connectivity index (χ3v) is 1.65. The Balaban J connectivity index is 2.54. The van der Waals surface area contributed by atoms with Crippen molar-refractivity contribution in [3.05, 3.63) is 29.6 Å². The molecule has 1 amide bonds. The summed E-state index contributed by atoms with van der Waals surface area (Å²) in [6, 6.07) is 1.85. The summed E-state index contributed by atoms with van der Waals surface area (Å²) in [5.74, 6) is -0.213. The second kappa shape index (κ2) is 2.44. The summed E-state index contributed by atoms with van der Waals surface area (Å²) in [6.45, 7) is 1.92. The maximum absolute atomic E-state index is 10.9. The van der Waals surface area contributed by atoms with Gasteiger partial charge in [-0.1, -0.05) is 0 Å². The molecule has 1 aromatic rings. The second-order valence-corrected chi connectivity index (χ2v) is 2.70. The fourth-order valence-corrected chi connectivity index (χ4v) is 1.09. The Hall–Kier alpha value is -1.64. The molecule has 0 aromatic carbocycles. The quantitative estimate of drug-likeness (QED) is 0.570. The number of nitrogens with zero attached hydrogens (tertiary/aromatic N) is 2. The highest BCUT2D eigenvalue weighted by Crippen LogP contribution is 2.19. The van der Waals surface area contributed by atoms with Crippen LogP contribution in [-0.4, -0.2) is 10.9 Å². The highest BCUT2D eigenvalue weighted by atomic mass is 16.1. The van der Waals surface area contributed by atoms with Crippen LogP contribution in [0.3, 0.4) is 0 Å². The van der Waals surface area contributed by atoms with Crippen LogP contribution >= 0.6 is 0 Å². The fourth-order valence-electron chi connectivity index (χ4n) is 1.09. The average molecular weight is 159 g/mol. The molecule has 0 spiro atoms. The van der Waals surface area contributed by atoms with Gasteiger partial charge in [-0.3, -0.25) is 9.78 Å². The molecule has 59 valence electrons. The van der Waals surface area contributed by atoms with Crippen molar-refractivity contribution in [3.63, 3.8) is 0 Å². The van der Waals surface area contributed by atoms with E-state index in [4.69, 9.17) is 0 Å². The van der Waals surface area contributed by atoms with Crippen LogP contribution in [0.1, 0.15) is 11.3 Å². The van der Waals surface area contributed by atoms with E-state index in [2.05, 4.69) is 10.3 Å². The van der Waals surface area contributed by atoms with E-state index in [1.165, 1.54) is 6.08 Å². The Morgan fingerprint density at radius 1 is 1.33 bits per heavy atom. The third kappa shape index (κ3) is 1.09. The molecular weight excluding hydrogens is 152 g/mol. The summed E-state index contributed by atoms with van der Waals surface area (Å²) < 4.78 is 0.